The lowest BCUT2D eigenvalue weighted by Gasteiger charge is -2.31. The number of fused-ring (bicyclic) bond motifs is 4. The van der Waals surface area contributed by atoms with E-state index in [0.717, 1.165) is 38.5 Å². The maximum absolute atomic E-state index is 13.9. The number of nitrogens with zero attached hydrogens (tertiary/aromatic N) is 4. The maximum Gasteiger partial charge on any atom is 0.255 e. The van der Waals surface area contributed by atoms with Crippen LogP contribution >= 0.6 is 0 Å². The first kappa shape index (κ1) is 32.9. The van der Waals surface area contributed by atoms with Gasteiger partial charge < -0.3 is 29.7 Å². The van der Waals surface area contributed by atoms with Crippen molar-refractivity contribution in [1.29, 1.82) is 0 Å². The van der Waals surface area contributed by atoms with E-state index in [0.29, 0.717) is 56.2 Å². The van der Waals surface area contributed by atoms with Gasteiger partial charge in [-0.15, -0.1) is 0 Å². The lowest BCUT2D eigenvalue weighted by atomic mass is 10.0. The highest BCUT2D eigenvalue weighted by Gasteiger charge is 2.39. The number of para-hydroxylation sites is 1. The Bertz CT molecular complexity index is 1280. The predicted octanol–water partition coefficient (Wildman–Crippen LogP) is 3.26. The van der Waals surface area contributed by atoms with Crippen LogP contribution in [0.3, 0.4) is 0 Å². The van der Waals surface area contributed by atoms with Crippen molar-refractivity contribution in [2.75, 3.05) is 26.7 Å². The molecule has 4 rings (SSSR count). The molecule has 2 aliphatic heterocycles. The summed E-state index contributed by atoms with van der Waals surface area (Å²) in [5, 5.41) is 9.84. The van der Waals surface area contributed by atoms with E-state index in [1.165, 1.54) is 4.90 Å². The van der Waals surface area contributed by atoms with Gasteiger partial charge in [0.2, 0.25) is 29.4 Å². The number of hydrogen-bond donors (Lipinski definition) is 2. The molecule has 0 aliphatic carbocycles. The third kappa shape index (κ3) is 9.27. The number of carbonyl (C=O) groups excluding carboxylic acids is 4. The molecule has 2 atom stereocenters. The summed E-state index contributed by atoms with van der Waals surface area (Å²) in [5.41, 5.74) is 0.277. The molecular formula is C32H46N6O6. The Kier molecular flexibility index (Phi) is 12.1. The number of rotatable bonds is 2. The molecular weight excluding hydrogens is 564 g/mol. The number of amides is 4. The van der Waals surface area contributed by atoms with Gasteiger partial charge >= 0.3 is 0 Å². The highest BCUT2D eigenvalue weighted by molar-refractivity contribution is 6.00. The number of aryl methyl sites for hydroxylation is 1. The molecule has 1 saturated heterocycles. The summed E-state index contributed by atoms with van der Waals surface area (Å²) in [6, 6.07) is 5.30. The SMILES string of the molecule is CC(C)CC1NC(=O)c2ccccc2OCc2noc(n2)CCCCCCCCNC(=O)CN(C)C(=O)C2CCCN2C1=O. The summed E-state index contributed by atoms with van der Waals surface area (Å²) < 4.78 is 11.3. The zero-order valence-corrected chi connectivity index (χ0v) is 26.2. The maximum atomic E-state index is 13.9. The summed E-state index contributed by atoms with van der Waals surface area (Å²) in [6.45, 7) is 4.88. The summed E-state index contributed by atoms with van der Waals surface area (Å²) in [5.74, 6) is 0.132. The lowest BCUT2D eigenvalue weighted by Crippen LogP contribution is -2.54. The largest absolute Gasteiger partial charge is 0.485 e. The zero-order chi connectivity index (χ0) is 31.5. The van der Waals surface area contributed by atoms with Crippen LogP contribution in [0.1, 0.15) is 93.7 Å². The van der Waals surface area contributed by atoms with E-state index in [1.54, 1.807) is 36.2 Å². The quantitative estimate of drug-likeness (QED) is 0.527. The average molecular weight is 611 g/mol. The van der Waals surface area contributed by atoms with Crippen LogP contribution in [0.25, 0.3) is 0 Å². The van der Waals surface area contributed by atoms with E-state index in [9.17, 15) is 19.2 Å². The number of likely N-dealkylation sites (N-methyl/N-ethyl adjacent to an activating group) is 1. The topological polar surface area (TPSA) is 147 Å². The van der Waals surface area contributed by atoms with Crippen LogP contribution in [-0.4, -0.2) is 82.3 Å². The Morgan fingerprint density at radius 3 is 2.52 bits per heavy atom. The fourth-order valence-corrected chi connectivity index (χ4v) is 5.73. The molecule has 2 aliphatic rings. The Hall–Kier alpha value is -3.96. The van der Waals surface area contributed by atoms with Gasteiger partial charge in [0, 0.05) is 26.6 Å². The van der Waals surface area contributed by atoms with E-state index in [-0.39, 0.29) is 42.4 Å². The molecule has 44 heavy (non-hydrogen) atoms. The van der Waals surface area contributed by atoms with Gasteiger partial charge in [0.25, 0.3) is 5.91 Å². The van der Waals surface area contributed by atoms with Crippen LogP contribution in [0.4, 0.5) is 0 Å². The molecule has 2 aromatic rings. The fourth-order valence-electron chi connectivity index (χ4n) is 5.73. The number of nitrogens with one attached hydrogen (secondary N) is 2. The van der Waals surface area contributed by atoms with Gasteiger partial charge in [0.05, 0.1) is 12.1 Å². The first-order valence-corrected chi connectivity index (χ1v) is 15.9. The van der Waals surface area contributed by atoms with Gasteiger partial charge in [-0.05, 0) is 50.2 Å². The summed E-state index contributed by atoms with van der Waals surface area (Å²) in [7, 11) is 1.59. The van der Waals surface area contributed by atoms with Gasteiger partial charge in [-0.2, -0.15) is 4.98 Å². The minimum Gasteiger partial charge on any atom is -0.485 e. The van der Waals surface area contributed by atoms with E-state index in [1.807, 2.05) is 13.8 Å². The van der Waals surface area contributed by atoms with Crippen LogP contribution in [0, 0.1) is 5.92 Å². The van der Waals surface area contributed by atoms with E-state index >= 15 is 0 Å². The van der Waals surface area contributed by atoms with Crippen molar-refractivity contribution in [1.82, 2.24) is 30.6 Å². The van der Waals surface area contributed by atoms with E-state index in [2.05, 4.69) is 20.8 Å². The number of ether oxygens (including phenoxy) is 1. The van der Waals surface area contributed by atoms with Gasteiger partial charge in [-0.25, -0.2) is 0 Å². The molecule has 2 bridgehead atoms. The summed E-state index contributed by atoms with van der Waals surface area (Å²) >= 11 is 0. The second-order valence-electron chi connectivity index (χ2n) is 12.2. The minimum atomic E-state index is -0.837. The van der Waals surface area contributed by atoms with Crippen molar-refractivity contribution >= 4 is 23.6 Å². The minimum absolute atomic E-state index is 0.0315. The molecule has 12 nitrogen and oxygen atoms in total. The highest BCUT2D eigenvalue weighted by atomic mass is 16.5. The zero-order valence-electron chi connectivity index (χ0n) is 26.2. The van der Waals surface area contributed by atoms with Crippen molar-refractivity contribution in [3.05, 3.63) is 41.5 Å². The van der Waals surface area contributed by atoms with E-state index in [4.69, 9.17) is 9.26 Å². The molecule has 1 fully saturated rings. The molecule has 2 unspecified atom stereocenters. The van der Waals surface area contributed by atoms with Gasteiger partial charge in [-0.1, -0.05) is 56.8 Å². The predicted molar refractivity (Wildman–Crippen MR) is 163 cm³/mol. The molecule has 240 valence electrons. The molecule has 0 spiro atoms. The molecule has 1 aromatic heterocycles. The van der Waals surface area contributed by atoms with Crippen molar-refractivity contribution in [2.45, 2.75) is 96.7 Å². The second-order valence-corrected chi connectivity index (χ2v) is 12.2. The Balaban J connectivity index is 1.53. The number of benzene rings is 1. The molecule has 0 radical (unpaired) electrons. The molecule has 2 N–H and O–H groups in total. The van der Waals surface area contributed by atoms with Crippen LogP contribution in [-0.2, 0) is 27.4 Å². The standard InChI is InChI=1S/C32H46N6O6/c1-22(2)19-24-31(41)38-18-12-14-25(38)32(42)37(3)20-28(39)33-17-11-7-5-4-6-8-16-29-35-27(36-44-29)21-43-26-15-10-9-13-23(26)30(40)34-24/h9-10,13,15,22,24-25H,4-8,11-12,14,16-21H2,1-3H3,(H,33,39)(H,34,40). The third-order valence-corrected chi connectivity index (χ3v) is 8.03. The highest BCUT2D eigenvalue weighted by Crippen LogP contribution is 2.24. The Labute approximate surface area is 259 Å². The number of hydrogen-bond acceptors (Lipinski definition) is 8. The van der Waals surface area contributed by atoms with Crippen molar-refractivity contribution in [2.24, 2.45) is 5.92 Å². The Morgan fingerprint density at radius 1 is 0.977 bits per heavy atom. The van der Waals surface area contributed by atoms with Crippen LogP contribution in [0.15, 0.2) is 28.8 Å². The van der Waals surface area contributed by atoms with Gasteiger partial charge in [0.1, 0.15) is 17.8 Å². The molecule has 0 saturated carbocycles. The fraction of sp³-hybridized carbons (Fsp3) is 0.625. The average Bonchev–Trinajstić information content (AvgIpc) is 3.67. The second kappa shape index (κ2) is 16.2. The van der Waals surface area contributed by atoms with Crippen LogP contribution in [0.5, 0.6) is 5.75 Å². The van der Waals surface area contributed by atoms with Crippen LogP contribution < -0.4 is 15.4 Å². The molecule has 12 heteroatoms. The monoisotopic (exact) mass is 610 g/mol. The summed E-state index contributed by atoms with van der Waals surface area (Å²) in [4.78, 5) is 60.8. The smallest absolute Gasteiger partial charge is 0.255 e. The first-order chi connectivity index (χ1) is 21.2. The molecule has 3 heterocycles. The van der Waals surface area contributed by atoms with Crippen molar-refractivity contribution in [3.8, 4) is 5.75 Å². The Morgan fingerprint density at radius 2 is 1.73 bits per heavy atom. The lowest BCUT2D eigenvalue weighted by molar-refractivity contribution is -0.145. The summed E-state index contributed by atoms with van der Waals surface area (Å²) in [6.07, 6.45) is 8.22. The first-order valence-electron chi connectivity index (χ1n) is 15.9. The van der Waals surface area contributed by atoms with Crippen molar-refractivity contribution < 1.29 is 28.4 Å². The van der Waals surface area contributed by atoms with Gasteiger partial charge in [-0.3, -0.25) is 19.2 Å². The number of carbonyl (C=O) groups is 4. The van der Waals surface area contributed by atoms with Crippen LogP contribution in [0.2, 0.25) is 0 Å². The normalized spacial score (nSPS) is 22.2. The third-order valence-electron chi connectivity index (χ3n) is 8.03. The van der Waals surface area contributed by atoms with E-state index < -0.39 is 18.0 Å². The number of aromatic nitrogens is 2. The van der Waals surface area contributed by atoms with Crippen molar-refractivity contribution in [3.63, 3.8) is 0 Å². The van der Waals surface area contributed by atoms with Gasteiger partial charge in [0.15, 0.2) is 6.61 Å². The molecule has 4 amide bonds. The molecule has 1 aromatic carbocycles.